The van der Waals surface area contributed by atoms with Gasteiger partial charge in [0.05, 0.1) is 12.1 Å². The van der Waals surface area contributed by atoms with Crippen LogP contribution in [0.25, 0.3) is 11.3 Å². The van der Waals surface area contributed by atoms with Crippen molar-refractivity contribution in [3.05, 3.63) is 89.6 Å². The molecule has 0 radical (unpaired) electrons. The molecule has 1 unspecified atom stereocenters. The molecule has 0 N–H and O–H groups in total. The average molecular weight is 399 g/mol. The number of hydrogen-bond donors (Lipinski definition) is 0. The predicted molar refractivity (Wildman–Crippen MR) is 121 cm³/mol. The summed E-state index contributed by atoms with van der Waals surface area (Å²) in [6, 6.07) is 7.29. The molecule has 152 valence electrons. The number of nitrogens with zero attached hydrogens (tertiary/aromatic N) is 2. The standard InChI is InChI=1S/C26H26N2O2/c1-17(4-6-20-7-8-20)19(3)28-24-14-23(11-5-18(24)2)26-27-15-25(30-26)22-12-9-21(16-29)10-13-22/h4-6,9-13,15-16,20,23H,1,7-8,14H2,2-3H3/b6-4-,28-19?. The molecule has 0 aliphatic heterocycles. The van der Waals surface area contributed by atoms with E-state index in [-0.39, 0.29) is 5.92 Å². The number of allylic oxidation sites excluding steroid dienone is 7. The summed E-state index contributed by atoms with van der Waals surface area (Å²) in [5.41, 5.74) is 5.64. The van der Waals surface area contributed by atoms with Crippen LogP contribution in [0.3, 0.4) is 0 Å². The number of hydrogen-bond acceptors (Lipinski definition) is 4. The molecule has 4 rings (SSSR count). The molecule has 30 heavy (non-hydrogen) atoms. The Morgan fingerprint density at radius 3 is 2.73 bits per heavy atom. The number of aliphatic imine (C=N–C) groups is 1. The molecule has 2 aliphatic rings. The van der Waals surface area contributed by atoms with E-state index < -0.39 is 0 Å². The molecule has 1 aromatic heterocycles. The van der Waals surface area contributed by atoms with Gasteiger partial charge in [-0.05, 0) is 43.8 Å². The van der Waals surface area contributed by atoms with Crippen LogP contribution < -0.4 is 0 Å². The largest absolute Gasteiger partial charge is 0.440 e. The zero-order chi connectivity index (χ0) is 21.1. The third-order valence-corrected chi connectivity index (χ3v) is 5.58. The van der Waals surface area contributed by atoms with Crippen LogP contribution in [0.4, 0.5) is 0 Å². The minimum atomic E-state index is 0.0403. The summed E-state index contributed by atoms with van der Waals surface area (Å²) in [4.78, 5) is 20.2. The summed E-state index contributed by atoms with van der Waals surface area (Å²) in [5, 5.41) is 0. The zero-order valence-electron chi connectivity index (χ0n) is 17.5. The lowest BCUT2D eigenvalue weighted by Gasteiger charge is -2.17. The van der Waals surface area contributed by atoms with Gasteiger partial charge in [-0.1, -0.05) is 55.1 Å². The fourth-order valence-electron chi connectivity index (χ4n) is 3.35. The van der Waals surface area contributed by atoms with Crippen molar-refractivity contribution in [1.29, 1.82) is 0 Å². The highest BCUT2D eigenvalue weighted by atomic mass is 16.4. The lowest BCUT2D eigenvalue weighted by molar-refractivity contribution is 0.112. The molecule has 2 aliphatic carbocycles. The maximum absolute atomic E-state index is 10.8. The van der Waals surface area contributed by atoms with Gasteiger partial charge in [0.25, 0.3) is 0 Å². The normalized spacial score (nSPS) is 19.5. The van der Waals surface area contributed by atoms with E-state index in [2.05, 4.69) is 42.8 Å². The molecule has 4 heteroatoms. The van der Waals surface area contributed by atoms with Gasteiger partial charge in [-0.3, -0.25) is 9.79 Å². The van der Waals surface area contributed by atoms with Gasteiger partial charge in [0.15, 0.2) is 5.76 Å². The summed E-state index contributed by atoms with van der Waals surface area (Å²) in [7, 11) is 0. The lowest BCUT2D eigenvalue weighted by atomic mass is 9.94. The Balaban J connectivity index is 1.48. The topological polar surface area (TPSA) is 55.5 Å². The van der Waals surface area contributed by atoms with Crippen LogP contribution in [0.2, 0.25) is 0 Å². The molecule has 0 amide bonds. The summed E-state index contributed by atoms with van der Waals surface area (Å²) in [6.45, 7) is 8.25. The molecular weight excluding hydrogens is 372 g/mol. The Bertz CT molecular complexity index is 1080. The Morgan fingerprint density at radius 1 is 1.27 bits per heavy atom. The number of carbonyl (C=O) groups is 1. The minimum absolute atomic E-state index is 0.0403. The van der Waals surface area contributed by atoms with E-state index in [1.807, 2.05) is 19.1 Å². The summed E-state index contributed by atoms with van der Waals surface area (Å²) in [5.74, 6) is 2.14. The van der Waals surface area contributed by atoms with Crippen LogP contribution in [0.1, 0.15) is 55.3 Å². The lowest BCUT2D eigenvalue weighted by Crippen LogP contribution is -2.05. The number of aromatic nitrogens is 1. The first-order chi connectivity index (χ1) is 14.5. The van der Waals surface area contributed by atoms with Crippen LogP contribution in [0.15, 0.2) is 87.6 Å². The van der Waals surface area contributed by atoms with E-state index in [0.717, 1.165) is 46.7 Å². The second kappa shape index (κ2) is 8.62. The van der Waals surface area contributed by atoms with Gasteiger partial charge in [-0.15, -0.1) is 0 Å². The van der Waals surface area contributed by atoms with Gasteiger partial charge >= 0.3 is 0 Å². The monoisotopic (exact) mass is 398 g/mol. The highest BCUT2D eigenvalue weighted by molar-refractivity contribution is 6.00. The quantitative estimate of drug-likeness (QED) is 0.306. The van der Waals surface area contributed by atoms with E-state index in [1.54, 1.807) is 18.3 Å². The highest BCUT2D eigenvalue weighted by Gasteiger charge is 2.21. The number of rotatable bonds is 7. The SMILES string of the molecule is C=C(/C=C\C1CC1)C(C)=NC1=C(C)C=CC(c2ncc(-c3ccc(C=O)cc3)o2)C1. The van der Waals surface area contributed by atoms with Crippen molar-refractivity contribution >= 4 is 12.0 Å². The van der Waals surface area contributed by atoms with Crippen LogP contribution in [-0.2, 0) is 0 Å². The molecule has 2 aromatic rings. The molecular formula is C26H26N2O2. The van der Waals surface area contributed by atoms with Crippen molar-refractivity contribution in [2.75, 3.05) is 0 Å². The van der Waals surface area contributed by atoms with Gasteiger partial charge in [0.2, 0.25) is 5.89 Å². The number of benzene rings is 1. The Hall–Kier alpha value is -3.27. The molecule has 4 nitrogen and oxygen atoms in total. The van der Waals surface area contributed by atoms with E-state index in [4.69, 9.17) is 9.41 Å². The second-order valence-corrected chi connectivity index (χ2v) is 8.02. The Kier molecular flexibility index (Phi) is 5.75. The van der Waals surface area contributed by atoms with Gasteiger partial charge < -0.3 is 4.42 Å². The van der Waals surface area contributed by atoms with Crippen molar-refractivity contribution in [2.24, 2.45) is 10.9 Å². The Labute approximate surface area is 177 Å². The Morgan fingerprint density at radius 2 is 2.03 bits per heavy atom. The third kappa shape index (κ3) is 4.65. The number of aldehydes is 1. The molecule has 1 heterocycles. The summed E-state index contributed by atoms with van der Waals surface area (Å²) in [6.07, 6.45) is 14.4. The van der Waals surface area contributed by atoms with Crippen molar-refractivity contribution in [3.63, 3.8) is 0 Å². The van der Waals surface area contributed by atoms with Crippen LogP contribution >= 0.6 is 0 Å². The first kappa shape index (κ1) is 20.0. The first-order valence-corrected chi connectivity index (χ1v) is 10.4. The van der Waals surface area contributed by atoms with Gasteiger partial charge in [-0.25, -0.2) is 4.98 Å². The second-order valence-electron chi connectivity index (χ2n) is 8.02. The van der Waals surface area contributed by atoms with E-state index in [9.17, 15) is 4.79 Å². The predicted octanol–water partition coefficient (Wildman–Crippen LogP) is 6.45. The van der Waals surface area contributed by atoms with Crippen LogP contribution in [-0.4, -0.2) is 17.0 Å². The first-order valence-electron chi connectivity index (χ1n) is 10.4. The maximum Gasteiger partial charge on any atom is 0.202 e. The van der Waals surface area contributed by atoms with Crippen molar-refractivity contribution in [3.8, 4) is 11.3 Å². The molecule has 1 saturated carbocycles. The highest BCUT2D eigenvalue weighted by Crippen LogP contribution is 2.34. The molecule has 0 spiro atoms. The smallest absolute Gasteiger partial charge is 0.202 e. The van der Waals surface area contributed by atoms with E-state index >= 15 is 0 Å². The molecule has 1 atom stereocenters. The van der Waals surface area contributed by atoms with E-state index in [1.165, 1.54) is 12.8 Å². The number of oxazole rings is 1. The van der Waals surface area contributed by atoms with E-state index in [0.29, 0.717) is 17.2 Å². The van der Waals surface area contributed by atoms with Gasteiger partial charge in [-0.2, -0.15) is 0 Å². The van der Waals surface area contributed by atoms with Crippen LogP contribution in [0.5, 0.6) is 0 Å². The molecule has 1 fully saturated rings. The third-order valence-electron chi connectivity index (χ3n) is 5.58. The maximum atomic E-state index is 10.8. The summed E-state index contributed by atoms with van der Waals surface area (Å²) >= 11 is 0. The van der Waals surface area contributed by atoms with Crippen LogP contribution in [0, 0.1) is 5.92 Å². The van der Waals surface area contributed by atoms with Gasteiger partial charge in [0.1, 0.15) is 6.29 Å². The summed E-state index contributed by atoms with van der Waals surface area (Å²) < 4.78 is 6.04. The van der Waals surface area contributed by atoms with Crippen molar-refractivity contribution in [2.45, 2.75) is 39.0 Å². The van der Waals surface area contributed by atoms with Gasteiger partial charge in [0, 0.05) is 29.0 Å². The fourth-order valence-corrected chi connectivity index (χ4v) is 3.35. The van der Waals surface area contributed by atoms with Crippen molar-refractivity contribution < 1.29 is 9.21 Å². The molecule has 1 aromatic carbocycles. The zero-order valence-corrected chi connectivity index (χ0v) is 17.5. The number of carbonyl (C=O) groups excluding carboxylic acids is 1. The minimum Gasteiger partial charge on any atom is -0.440 e. The molecule has 0 bridgehead atoms. The fraction of sp³-hybridized carbons (Fsp3) is 0.269. The molecule has 0 saturated heterocycles. The average Bonchev–Trinajstić information content (AvgIpc) is 3.47. The van der Waals surface area contributed by atoms with Crippen molar-refractivity contribution in [1.82, 2.24) is 4.98 Å².